The van der Waals surface area contributed by atoms with Gasteiger partial charge in [0.05, 0.1) is 5.02 Å². The fraction of sp³-hybridized carbons (Fsp3) is 0.333. The number of nitrogens with two attached hydrogens (primary N) is 1. The van der Waals surface area contributed by atoms with Gasteiger partial charge in [0.15, 0.2) is 0 Å². The van der Waals surface area contributed by atoms with E-state index in [1.807, 2.05) is 32.9 Å². The summed E-state index contributed by atoms with van der Waals surface area (Å²) in [6.07, 6.45) is 3.82. The molecule has 0 fully saturated rings. The third kappa shape index (κ3) is 2.16. The Morgan fingerprint density at radius 3 is 2.33 bits per heavy atom. The Kier molecular flexibility index (Phi) is 3.77. The molecule has 0 aliphatic rings. The zero-order chi connectivity index (χ0) is 11.6. The van der Waals surface area contributed by atoms with E-state index >= 15 is 0 Å². The summed E-state index contributed by atoms with van der Waals surface area (Å²) < 4.78 is 0. The Morgan fingerprint density at radius 1 is 1.20 bits per heavy atom. The van der Waals surface area contributed by atoms with Crippen LogP contribution in [0.2, 0.25) is 5.02 Å². The second-order valence-corrected chi connectivity index (χ2v) is 3.97. The van der Waals surface area contributed by atoms with E-state index in [0.29, 0.717) is 11.6 Å². The molecule has 0 heterocycles. The van der Waals surface area contributed by atoms with E-state index in [-0.39, 0.29) is 5.75 Å². The van der Waals surface area contributed by atoms with E-state index in [4.69, 9.17) is 17.3 Å². The van der Waals surface area contributed by atoms with Crippen molar-refractivity contribution < 1.29 is 5.11 Å². The molecular formula is C12H16ClNO. The Hall–Kier alpha value is -0.990. The van der Waals surface area contributed by atoms with Crippen molar-refractivity contribution in [3.63, 3.8) is 0 Å². The van der Waals surface area contributed by atoms with Gasteiger partial charge >= 0.3 is 0 Å². The molecule has 1 aromatic rings. The lowest BCUT2D eigenvalue weighted by Crippen LogP contribution is -1.96. The Bertz CT molecular complexity index is 382. The molecule has 0 aromatic heterocycles. The minimum Gasteiger partial charge on any atom is -0.506 e. The first-order valence-electron chi connectivity index (χ1n) is 4.85. The minimum atomic E-state index is 0.177. The van der Waals surface area contributed by atoms with Gasteiger partial charge < -0.3 is 10.8 Å². The van der Waals surface area contributed by atoms with Crippen molar-refractivity contribution in [1.82, 2.24) is 0 Å². The Labute approximate surface area is 95.4 Å². The highest BCUT2D eigenvalue weighted by molar-refractivity contribution is 6.33. The van der Waals surface area contributed by atoms with Crippen LogP contribution in [0.25, 0.3) is 6.08 Å². The van der Waals surface area contributed by atoms with Gasteiger partial charge in [-0.2, -0.15) is 0 Å². The lowest BCUT2D eigenvalue weighted by molar-refractivity contribution is 0.470. The molecule has 1 rings (SSSR count). The van der Waals surface area contributed by atoms with Crippen LogP contribution in [-0.2, 0) is 0 Å². The molecule has 0 bridgehead atoms. The average molecular weight is 226 g/mol. The zero-order valence-corrected chi connectivity index (χ0v) is 10.0. The first-order valence-corrected chi connectivity index (χ1v) is 5.23. The molecule has 0 radical (unpaired) electrons. The third-order valence-electron chi connectivity index (χ3n) is 2.68. The summed E-state index contributed by atoms with van der Waals surface area (Å²) >= 11 is 6.02. The first-order chi connectivity index (χ1) is 7.00. The van der Waals surface area contributed by atoms with Gasteiger partial charge in [0.1, 0.15) is 5.75 Å². The van der Waals surface area contributed by atoms with E-state index in [9.17, 15) is 5.11 Å². The smallest absolute Gasteiger partial charge is 0.137 e. The quantitative estimate of drug-likeness (QED) is 0.813. The zero-order valence-electron chi connectivity index (χ0n) is 9.26. The van der Waals surface area contributed by atoms with Crippen LogP contribution >= 0.6 is 11.6 Å². The highest BCUT2D eigenvalue weighted by Gasteiger charge is 2.13. The summed E-state index contributed by atoms with van der Waals surface area (Å²) in [5.74, 6) is 0.177. The predicted octanol–water partition coefficient (Wildman–Crippen LogP) is 2.94. The second kappa shape index (κ2) is 4.69. The van der Waals surface area contributed by atoms with Gasteiger partial charge in [0.25, 0.3) is 0 Å². The van der Waals surface area contributed by atoms with Crippen LogP contribution in [0.15, 0.2) is 6.08 Å². The van der Waals surface area contributed by atoms with Crippen molar-refractivity contribution in [3.05, 3.63) is 33.4 Å². The first kappa shape index (κ1) is 12.1. The molecule has 3 heteroatoms. The summed E-state index contributed by atoms with van der Waals surface area (Å²) in [7, 11) is 0. The number of phenolic OH excluding ortho intramolecular Hbond substituents is 1. The Balaban J connectivity index is 3.45. The van der Waals surface area contributed by atoms with Crippen LogP contribution < -0.4 is 5.73 Å². The molecule has 3 N–H and O–H groups in total. The molecule has 0 amide bonds. The SMILES string of the molecule is Cc1c(C)c(/C=C/CN)c(C)c(Cl)c1O. The molecule has 82 valence electrons. The van der Waals surface area contributed by atoms with E-state index in [1.54, 1.807) is 0 Å². The van der Waals surface area contributed by atoms with Gasteiger partial charge in [-0.3, -0.25) is 0 Å². The molecule has 0 saturated heterocycles. The van der Waals surface area contributed by atoms with Gasteiger partial charge in [-0.15, -0.1) is 0 Å². The average Bonchev–Trinajstić information content (AvgIpc) is 2.24. The van der Waals surface area contributed by atoms with Crippen molar-refractivity contribution in [2.75, 3.05) is 6.54 Å². The van der Waals surface area contributed by atoms with Crippen molar-refractivity contribution in [3.8, 4) is 5.75 Å². The summed E-state index contributed by atoms with van der Waals surface area (Å²) in [4.78, 5) is 0. The van der Waals surface area contributed by atoms with E-state index in [2.05, 4.69) is 0 Å². The van der Waals surface area contributed by atoms with Crippen LogP contribution in [0, 0.1) is 20.8 Å². The van der Waals surface area contributed by atoms with Crippen molar-refractivity contribution in [1.29, 1.82) is 0 Å². The molecule has 0 spiro atoms. The molecule has 0 unspecified atom stereocenters. The highest BCUT2D eigenvalue weighted by atomic mass is 35.5. The third-order valence-corrected chi connectivity index (χ3v) is 3.15. The predicted molar refractivity (Wildman–Crippen MR) is 65.4 cm³/mol. The van der Waals surface area contributed by atoms with Gasteiger partial charge in [0, 0.05) is 6.54 Å². The Morgan fingerprint density at radius 2 is 1.80 bits per heavy atom. The maximum atomic E-state index is 9.74. The van der Waals surface area contributed by atoms with E-state index in [1.165, 1.54) is 0 Å². The number of phenols is 1. The summed E-state index contributed by atoms with van der Waals surface area (Å²) in [6, 6.07) is 0. The molecule has 0 atom stereocenters. The molecule has 2 nitrogen and oxygen atoms in total. The summed E-state index contributed by atoms with van der Waals surface area (Å²) in [5, 5.41) is 10.2. The monoisotopic (exact) mass is 225 g/mol. The maximum absolute atomic E-state index is 9.74. The summed E-state index contributed by atoms with van der Waals surface area (Å²) in [5.41, 5.74) is 9.21. The number of hydrogen-bond acceptors (Lipinski definition) is 2. The number of benzene rings is 1. The van der Waals surface area contributed by atoms with E-state index < -0.39 is 0 Å². The summed E-state index contributed by atoms with van der Waals surface area (Å²) in [6.45, 7) is 6.21. The van der Waals surface area contributed by atoms with Crippen molar-refractivity contribution in [2.24, 2.45) is 5.73 Å². The van der Waals surface area contributed by atoms with Crippen LogP contribution in [0.3, 0.4) is 0 Å². The van der Waals surface area contributed by atoms with Gasteiger partial charge in [0.2, 0.25) is 0 Å². The van der Waals surface area contributed by atoms with Crippen LogP contribution in [0.4, 0.5) is 0 Å². The highest BCUT2D eigenvalue weighted by Crippen LogP contribution is 2.36. The standard InChI is InChI=1S/C12H16ClNO/c1-7-8(2)12(15)11(13)9(3)10(7)5-4-6-14/h4-5,15H,6,14H2,1-3H3/b5-4+. The van der Waals surface area contributed by atoms with E-state index in [0.717, 1.165) is 22.3 Å². The topological polar surface area (TPSA) is 46.2 Å². The number of rotatable bonds is 2. The van der Waals surface area contributed by atoms with Crippen molar-refractivity contribution >= 4 is 17.7 Å². The lowest BCUT2D eigenvalue weighted by atomic mass is 9.97. The molecule has 1 aromatic carbocycles. The number of aromatic hydroxyl groups is 1. The largest absolute Gasteiger partial charge is 0.506 e. The number of hydrogen-bond donors (Lipinski definition) is 2. The molecule has 0 saturated carbocycles. The van der Waals surface area contributed by atoms with Crippen LogP contribution in [-0.4, -0.2) is 11.7 Å². The van der Waals surface area contributed by atoms with Crippen molar-refractivity contribution in [2.45, 2.75) is 20.8 Å². The normalized spacial score (nSPS) is 11.3. The second-order valence-electron chi connectivity index (χ2n) is 3.59. The van der Waals surface area contributed by atoms with Gasteiger partial charge in [-0.05, 0) is 43.0 Å². The molecule has 15 heavy (non-hydrogen) atoms. The molecule has 0 aliphatic heterocycles. The van der Waals surface area contributed by atoms with Crippen LogP contribution in [0.1, 0.15) is 22.3 Å². The minimum absolute atomic E-state index is 0.177. The lowest BCUT2D eigenvalue weighted by Gasteiger charge is -2.13. The maximum Gasteiger partial charge on any atom is 0.137 e. The molecule has 0 aliphatic carbocycles. The fourth-order valence-corrected chi connectivity index (χ4v) is 1.80. The number of halogens is 1. The van der Waals surface area contributed by atoms with Gasteiger partial charge in [-0.1, -0.05) is 23.8 Å². The van der Waals surface area contributed by atoms with Gasteiger partial charge in [-0.25, -0.2) is 0 Å². The molecular weight excluding hydrogens is 210 g/mol. The van der Waals surface area contributed by atoms with Crippen LogP contribution in [0.5, 0.6) is 5.75 Å². The fourth-order valence-electron chi connectivity index (χ4n) is 1.56.